The highest BCUT2D eigenvalue weighted by atomic mass is 16.3. The molecule has 2 nitrogen and oxygen atoms in total. The van der Waals surface area contributed by atoms with Gasteiger partial charge >= 0.3 is 0 Å². The first-order valence-corrected chi connectivity index (χ1v) is 4.42. The minimum atomic E-state index is 0.334. The van der Waals surface area contributed by atoms with Crippen LogP contribution in [-0.4, -0.2) is 11.7 Å². The summed E-state index contributed by atoms with van der Waals surface area (Å²) in [6, 6.07) is 5.44. The lowest BCUT2D eigenvalue weighted by Crippen LogP contribution is -1.92. The van der Waals surface area contributed by atoms with E-state index in [0.29, 0.717) is 5.75 Å². The molecule has 0 spiro atoms. The summed E-state index contributed by atoms with van der Waals surface area (Å²) in [5.41, 5.74) is 4.86. The van der Waals surface area contributed by atoms with Crippen LogP contribution in [0.15, 0.2) is 23.8 Å². The Morgan fingerprint density at radius 1 is 1.38 bits per heavy atom. The molecule has 68 valence electrons. The molecule has 0 aliphatic carbocycles. The molecule has 2 rings (SSSR count). The van der Waals surface area contributed by atoms with Crippen LogP contribution in [0.25, 0.3) is 5.57 Å². The standard InChI is InChI=1S/C11H13NO/c1-7(2)10-6-12-11-4-3-8(13)5-9(10)11/h3-5,12-13H,6H2,1-2H3. The van der Waals surface area contributed by atoms with Crippen molar-refractivity contribution in [2.45, 2.75) is 13.8 Å². The average Bonchev–Trinajstić information content (AvgIpc) is 2.46. The highest BCUT2D eigenvalue weighted by molar-refractivity contribution is 5.86. The maximum Gasteiger partial charge on any atom is 0.116 e. The van der Waals surface area contributed by atoms with Gasteiger partial charge in [-0.15, -0.1) is 0 Å². The number of nitrogens with one attached hydrogen (secondary N) is 1. The van der Waals surface area contributed by atoms with Gasteiger partial charge in [-0.3, -0.25) is 0 Å². The van der Waals surface area contributed by atoms with E-state index in [4.69, 9.17) is 0 Å². The minimum Gasteiger partial charge on any atom is -0.508 e. The van der Waals surface area contributed by atoms with Crippen molar-refractivity contribution in [1.82, 2.24) is 0 Å². The molecule has 13 heavy (non-hydrogen) atoms. The lowest BCUT2D eigenvalue weighted by Gasteiger charge is -2.01. The second kappa shape index (κ2) is 2.80. The number of anilines is 1. The summed E-state index contributed by atoms with van der Waals surface area (Å²) in [4.78, 5) is 0. The molecule has 0 saturated heterocycles. The molecule has 0 fully saturated rings. The molecule has 1 aromatic carbocycles. The van der Waals surface area contributed by atoms with Crippen molar-refractivity contribution in [2.75, 3.05) is 11.9 Å². The first kappa shape index (κ1) is 8.17. The summed E-state index contributed by atoms with van der Waals surface area (Å²) in [6.45, 7) is 5.06. The number of fused-ring (bicyclic) bond motifs is 1. The van der Waals surface area contributed by atoms with Crippen molar-refractivity contribution < 1.29 is 5.11 Å². The number of rotatable bonds is 0. The maximum absolute atomic E-state index is 9.35. The van der Waals surface area contributed by atoms with Gasteiger partial charge in [0.2, 0.25) is 0 Å². The number of benzene rings is 1. The number of phenolic OH excluding ortho intramolecular Hbond substituents is 1. The first-order valence-electron chi connectivity index (χ1n) is 4.42. The van der Waals surface area contributed by atoms with Crippen molar-refractivity contribution in [2.24, 2.45) is 0 Å². The second-order valence-corrected chi connectivity index (χ2v) is 3.56. The maximum atomic E-state index is 9.35. The first-order chi connectivity index (χ1) is 6.18. The molecule has 1 aliphatic heterocycles. The van der Waals surface area contributed by atoms with E-state index < -0.39 is 0 Å². The van der Waals surface area contributed by atoms with E-state index in [9.17, 15) is 5.11 Å². The Labute approximate surface area is 77.9 Å². The third kappa shape index (κ3) is 1.28. The summed E-state index contributed by atoms with van der Waals surface area (Å²) in [5, 5.41) is 12.6. The van der Waals surface area contributed by atoms with Crippen LogP contribution in [-0.2, 0) is 0 Å². The summed E-state index contributed by atoms with van der Waals surface area (Å²) in [6.07, 6.45) is 0. The monoisotopic (exact) mass is 175 g/mol. The van der Waals surface area contributed by atoms with Gasteiger partial charge in [0.1, 0.15) is 5.75 Å². The van der Waals surface area contributed by atoms with Gasteiger partial charge in [-0.05, 0) is 37.6 Å². The van der Waals surface area contributed by atoms with Gasteiger partial charge in [-0.1, -0.05) is 5.57 Å². The fourth-order valence-corrected chi connectivity index (χ4v) is 1.66. The fourth-order valence-electron chi connectivity index (χ4n) is 1.66. The Kier molecular flexibility index (Phi) is 1.76. The van der Waals surface area contributed by atoms with Crippen LogP contribution in [0, 0.1) is 0 Å². The molecule has 0 aromatic heterocycles. The van der Waals surface area contributed by atoms with Crippen LogP contribution < -0.4 is 5.32 Å². The number of allylic oxidation sites excluding steroid dienone is 1. The molecule has 1 aromatic rings. The van der Waals surface area contributed by atoms with Crippen LogP contribution in [0.1, 0.15) is 19.4 Å². The normalized spacial score (nSPS) is 13.8. The van der Waals surface area contributed by atoms with E-state index in [1.165, 1.54) is 11.1 Å². The van der Waals surface area contributed by atoms with Gasteiger partial charge < -0.3 is 10.4 Å². The zero-order valence-corrected chi connectivity index (χ0v) is 7.89. The molecule has 2 heteroatoms. The van der Waals surface area contributed by atoms with Gasteiger partial charge in [-0.25, -0.2) is 0 Å². The van der Waals surface area contributed by atoms with E-state index in [2.05, 4.69) is 19.2 Å². The van der Waals surface area contributed by atoms with Gasteiger partial charge in [0.15, 0.2) is 0 Å². The van der Waals surface area contributed by atoms with Crippen molar-refractivity contribution in [1.29, 1.82) is 0 Å². The number of aromatic hydroxyl groups is 1. The molecule has 1 heterocycles. The Hall–Kier alpha value is -1.44. The van der Waals surface area contributed by atoms with Gasteiger partial charge in [0, 0.05) is 17.8 Å². The predicted octanol–water partition coefficient (Wildman–Crippen LogP) is 2.61. The lowest BCUT2D eigenvalue weighted by atomic mass is 10.0. The van der Waals surface area contributed by atoms with E-state index >= 15 is 0 Å². The topological polar surface area (TPSA) is 32.3 Å². The summed E-state index contributed by atoms with van der Waals surface area (Å²) < 4.78 is 0. The van der Waals surface area contributed by atoms with Gasteiger partial charge in [-0.2, -0.15) is 0 Å². The highest BCUT2D eigenvalue weighted by Gasteiger charge is 2.16. The van der Waals surface area contributed by atoms with Crippen molar-refractivity contribution in [3.8, 4) is 5.75 Å². The summed E-state index contributed by atoms with van der Waals surface area (Å²) in [7, 11) is 0. The van der Waals surface area contributed by atoms with E-state index in [1.807, 2.05) is 12.1 Å². The summed E-state index contributed by atoms with van der Waals surface area (Å²) in [5.74, 6) is 0.334. The molecule has 0 radical (unpaired) electrons. The molecule has 0 saturated carbocycles. The molecule has 0 unspecified atom stereocenters. The van der Waals surface area contributed by atoms with Crippen LogP contribution in [0.5, 0.6) is 5.75 Å². The zero-order chi connectivity index (χ0) is 9.42. The lowest BCUT2D eigenvalue weighted by molar-refractivity contribution is 0.475. The smallest absolute Gasteiger partial charge is 0.116 e. The third-order valence-electron chi connectivity index (χ3n) is 2.39. The highest BCUT2D eigenvalue weighted by Crippen LogP contribution is 2.34. The largest absolute Gasteiger partial charge is 0.508 e. The molecule has 1 aliphatic rings. The molecule has 0 bridgehead atoms. The number of hydrogen-bond acceptors (Lipinski definition) is 2. The number of hydrogen-bond donors (Lipinski definition) is 2. The van der Waals surface area contributed by atoms with Crippen LogP contribution in [0.3, 0.4) is 0 Å². The SMILES string of the molecule is CC(C)=C1CNc2ccc(O)cc21. The van der Waals surface area contributed by atoms with E-state index in [1.54, 1.807) is 6.07 Å². The second-order valence-electron chi connectivity index (χ2n) is 3.56. The molecule has 0 atom stereocenters. The number of phenols is 1. The average molecular weight is 175 g/mol. The van der Waals surface area contributed by atoms with Crippen LogP contribution >= 0.6 is 0 Å². The Bertz CT molecular complexity index is 376. The predicted molar refractivity (Wildman–Crippen MR) is 54.9 cm³/mol. The Morgan fingerprint density at radius 3 is 2.85 bits per heavy atom. The molecular formula is C11H13NO. The van der Waals surface area contributed by atoms with Crippen molar-refractivity contribution in [3.63, 3.8) is 0 Å². The molecule has 0 amide bonds. The van der Waals surface area contributed by atoms with Crippen LogP contribution in [0.4, 0.5) is 5.69 Å². The van der Waals surface area contributed by atoms with E-state index in [0.717, 1.165) is 17.8 Å². The Balaban J connectivity index is 2.59. The fraction of sp³-hybridized carbons (Fsp3) is 0.273. The minimum absolute atomic E-state index is 0.334. The zero-order valence-electron chi connectivity index (χ0n) is 7.89. The quantitative estimate of drug-likeness (QED) is 0.594. The molecule has 2 N–H and O–H groups in total. The summed E-state index contributed by atoms with van der Waals surface area (Å²) >= 11 is 0. The van der Waals surface area contributed by atoms with E-state index in [-0.39, 0.29) is 0 Å². The van der Waals surface area contributed by atoms with Crippen LogP contribution in [0.2, 0.25) is 0 Å². The third-order valence-corrected chi connectivity index (χ3v) is 2.39. The van der Waals surface area contributed by atoms with Gasteiger partial charge in [0.05, 0.1) is 0 Å². The van der Waals surface area contributed by atoms with Crippen molar-refractivity contribution >= 4 is 11.3 Å². The van der Waals surface area contributed by atoms with Gasteiger partial charge in [0.25, 0.3) is 0 Å². The molecular weight excluding hydrogens is 162 g/mol. The Morgan fingerprint density at radius 2 is 2.15 bits per heavy atom. The van der Waals surface area contributed by atoms with Crippen molar-refractivity contribution in [3.05, 3.63) is 29.3 Å².